The van der Waals surface area contributed by atoms with Gasteiger partial charge in [0.2, 0.25) is 0 Å². The number of aromatic nitrogens is 3. The van der Waals surface area contributed by atoms with E-state index in [0.717, 1.165) is 0 Å². The maximum Gasteiger partial charge on any atom is 0.264 e. The second-order valence-electron chi connectivity index (χ2n) is 3.14. The van der Waals surface area contributed by atoms with Crippen LogP contribution < -0.4 is 10.5 Å². The highest BCUT2D eigenvalue weighted by Gasteiger charge is 2.15. The van der Waals surface area contributed by atoms with E-state index in [4.69, 9.17) is 5.73 Å². The van der Waals surface area contributed by atoms with E-state index in [1.165, 1.54) is 36.7 Å². The molecule has 0 bridgehead atoms. The quantitative estimate of drug-likeness (QED) is 0.757. The number of nitrogens with two attached hydrogens (primary N) is 1. The summed E-state index contributed by atoms with van der Waals surface area (Å²) in [5.41, 5.74) is 5.96. The molecule has 7 nitrogen and oxygen atoms in total. The molecule has 1 aromatic heterocycles. The minimum absolute atomic E-state index is 0.0793. The first-order chi connectivity index (χ1) is 8.08. The van der Waals surface area contributed by atoms with Gasteiger partial charge in [0.25, 0.3) is 16.0 Å². The molecule has 0 amide bonds. The summed E-state index contributed by atoms with van der Waals surface area (Å²) in [4.78, 5) is 3.80. The van der Waals surface area contributed by atoms with Crippen molar-refractivity contribution >= 4 is 21.7 Å². The van der Waals surface area contributed by atoms with Crippen molar-refractivity contribution < 1.29 is 8.42 Å². The predicted octanol–water partition coefficient (Wildman–Crippen LogP) is 0.255. The van der Waals surface area contributed by atoms with Crippen molar-refractivity contribution in [3.63, 3.8) is 0 Å². The number of nitrogen functional groups attached to an aromatic ring is 1. The van der Waals surface area contributed by atoms with Gasteiger partial charge in [-0.25, -0.2) is 18.1 Å². The lowest BCUT2D eigenvalue weighted by atomic mass is 10.3. The van der Waals surface area contributed by atoms with Crippen molar-refractivity contribution in [1.29, 1.82) is 0 Å². The second kappa shape index (κ2) is 4.34. The Kier molecular flexibility index (Phi) is 2.88. The van der Waals surface area contributed by atoms with Crippen LogP contribution in [0.25, 0.3) is 0 Å². The van der Waals surface area contributed by atoms with Crippen LogP contribution in [0.3, 0.4) is 0 Å². The number of hydrogen-bond donors (Lipinski definition) is 2. The van der Waals surface area contributed by atoms with E-state index in [-0.39, 0.29) is 10.8 Å². The Morgan fingerprint density at radius 3 is 2.41 bits per heavy atom. The Morgan fingerprint density at radius 2 is 1.82 bits per heavy atom. The molecule has 3 N–H and O–H groups in total. The van der Waals surface area contributed by atoms with E-state index in [2.05, 4.69) is 19.9 Å². The minimum atomic E-state index is -3.70. The number of hydrogen-bond acceptors (Lipinski definition) is 6. The van der Waals surface area contributed by atoms with Crippen LogP contribution in [0.5, 0.6) is 0 Å². The molecule has 0 aliphatic carbocycles. The molecular formula is C9H9N5O2S. The second-order valence-corrected chi connectivity index (χ2v) is 4.82. The Labute approximate surface area is 97.8 Å². The van der Waals surface area contributed by atoms with E-state index < -0.39 is 10.0 Å². The molecule has 0 fully saturated rings. The van der Waals surface area contributed by atoms with Crippen molar-refractivity contribution in [2.24, 2.45) is 0 Å². The number of nitrogens with one attached hydrogen (secondary N) is 1. The molecule has 1 aromatic carbocycles. The van der Waals surface area contributed by atoms with Gasteiger partial charge >= 0.3 is 0 Å². The van der Waals surface area contributed by atoms with Gasteiger partial charge in [0.05, 0.1) is 17.3 Å². The van der Waals surface area contributed by atoms with Gasteiger partial charge in [-0.15, -0.1) is 5.10 Å². The summed E-state index contributed by atoms with van der Waals surface area (Å²) in [6.45, 7) is 0. The van der Waals surface area contributed by atoms with Crippen LogP contribution in [-0.4, -0.2) is 23.6 Å². The Balaban J connectivity index is 2.29. The van der Waals surface area contributed by atoms with E-state index >= 15 is 0 Å². The molecule has 0 atom stereocenters. The maximum absolute atomic E-state index is 11.9. The number of benzene rings is 1. The summed E-state index contributed by atoms with van der Waals surface area (Å²) < 4.78 is 25.9. The molecule has 0 aliphatic rings. The first kappa shape index (κ1) is 11.3. The van der Waals surface area contributed by atoms with Crippen LogP contribution in [0.15, 0.2) is 41.6 Å². The third kappa shape index (κ3) is 2.67. The number of rotatable bonds is 3. The topological polar surface area (TPSA) is 111 Å². The molecule has 0 spiro atoms. The van der Waals surface area contributed by atoms with E-state index in [0.29, 0.717) is 5.69 Å². The summed E-state index contributed by atoms with van der Waals surface area (Å²) in [5, 5.41) is 7.05. The van der Waals surface area contributed by atoms with Gasteiger partial charge in [0.15, 0.2) is 0 Å². The zero-order chi connectivity index (χ0) is 12.3. The molecule has 17 heavy (non-hydrogen) atoms. The summed E-state index contributed by atoms with van der Waals surface area (Å²) in [7, 11) is -3.70. The normalized spacial score (nSPS) is 11.1. The van der Waals surface area contributed by atoms with E-state index in [9.17, 15) is 8.42 Å². The van der Waals surface area contributed by atoms with Gasteiger partial charge in [0.1, 0.15) is 0 Å². The summed E-state index contributed by atoms with van der Waals surface area (Å²) in [6, 6.07) is 5.79. The van der Waals surface area contributed by atoms with Gasteiger partial charge in [-0.3, -0.25) is 0 Å². The molecule has 88 valence electrons. The van der Waals surface area contributed by atoms with Gasteiger partial charge < -0.3 is 5.73 Å². The average molecular weight is 251 g/mol. The van der Waals surface area contributed by atoms with E-state index in [1.807, 2.05) is 0 Å². The molecule has 0 saturated heterocycles. The lowest BCUT2D eigenvalue weighted by Gasteiger charge is -2.05. The fraction of sp³-hybridized carbons (Fsp3) is 0. The Morgan fingerprint density at radius 1 is 1.12 bits per heavy atom. The summed E-state index contributed by atoms with van der Waals surface area (Å²) in [5.74, 6) is -0.0793. The summed E-state index contributed by atoms with van der Waals surface area (Å²) in [6.07, 6.45) is 2.69. The third-order valence-electron chi connectivity index (χ3n) is 1.90. The molecule has 1 heterocycles. The minimum Gasteiger partial charge on any atom is -0.399 e. The highest BCUT2D eigenvalue weighted by atomic mass is 32.2. The number of sulfonamides is 1. The zero-order valence-electron chi connectivity index (χ0n) is 8.61. The molecule has 0 radical (unpaired) electrons. The van der Waals surface area contributed by atoms with Crippen LogP contribution in [0.2, 0.25) is 0 Å². The maximum atomic E-state index is 11.9. The lowest BCUT2D eigenvalue weighted by Crippen LogP contribution is -2.15. The predicted molar refractivity (Wildman–Crippen MR) is 61.5 cm³/mol. The molecule has 8 heteroatoms. The number of nitrogens with zero attached hydrogens (tertiary/aromatic N) is 3. The zero-order valence-corrected chi connectivity index (χ0v) is 9.42. The highest BCUT2D eigenvalue weighted by Crippen LogP contribution is 2.13. The Bertz CT molecular complexity index is 597. The summed E-state index contributed by atoms with van der Waals surface area (Å²) >= 11 is 0. The monoisotopic (exact) mass is 251 g/mol. The van der Waals surface area contributed by atoms with Crippen LogP contribution in [0, 0.1) is 0 Å². The van der Waals surface area contributed by atoms with Crippen LogP contribution in [-0.2, 0) is 10.0 Å². The van der Waals surface area contributed by atoms with Gasteiger partial charge in [-0.1, -0.05) is 0 Å². The average Bonchev–Trinajstić information content (AvgIpc) is 2.30. The Hall–Kier alpha value is -2.22. The van der Waals surface area contributed by atoms with Crippen LogP contribution in [0.1, 0.15) is 0 Å². The van der Waals surface area contributed by atoms with Crippen molar-refractivity contribution in [3.8, 4) is 0 Å². The largest absolute Gasteiger partial charge is 0.399 e. The van der Waals surface area contributed by atoms with Gasteiger partial charge in [-0.2, -0.15) is 5.10 Å². The number of anilines is 2. The SMILES string of the molecule is Nc1ccc(S(=O)(=O)Nc2nccnn2)cc1. The van der Waals surface area contributed by atoms with Crippen molar-refractivity contribution in [1.82, 2.24) is 15.2 Å². The molecule has 2 rings (SSSR count). The molecule has 2 aromatic rings. The first-order valence-electron chi connectivity index (χ1n) is 4.60. The van der Waals surface area contributed by atoms with Crippen LogP contribution >= 0.6 is 0 Å². The van der Waals surface area contributed by atoms with Gasteiger partial charge in [0, 0.05) is 5.69 Å². The third-order valence-corrected chi connectivity index (χ3v) is 3.24. The molecule has 0 unspecified atom stereocenters. The van der Waals surface area contributed by atoms with Crippen molar-refractivity contribution in [3.05, 3.63) is 36.7 Å². The molecular weight excluding hydrogens is 242 g/mol. The van der Waals surface area contributed by atoms with Gasteiger partial charge in [-0.05, 0) is 24.3 Å². The first-order valence-corrected chi connectivity index (χ1v) is 6.08. The fourth-order valence-corrected chi connectivity index (χ4v) is 2.07. The lowest BCUT2D eigenvalue weighted by molar-refractivity contribution is 0.600. The molecule has 0 saturated carbocycles. The standard InChI is InChI=1S/C9H9N5O2S/c10-7-1-3-8(4-2-7)17(15,16)14-9-11-5-6-12-13-9/h1-6H,10H2,(H,11,13,14). The molecule has 0 aliphatic heterocycles. The van der Waals surface area contributed by atoms with Crippen LogP contribution in [0.4, 0.5) is 11.6 Å². The van der Waals surface area contributed by atoms with E-state index in [1.54, 1.807) is 0 Å². The fourth-order valence-electron chi connectivity index (χ4n) is 1.12. The van der Waals surface area contributed by atoms with Crippen molar-refractivity contribution in [2.75, 3.05) is 10.5 Å². The van der Waals surface area contributed by atoms with Crippen molar-refractivity contribution in [2.45, 2.75) is 4.90 Å². The smallest absolute Gasteiger partial charge is 0.264 e. The highest BCUT2D eigenvalue weighted by molar-refractivity contribution is 7.92.